The summed E-state index contributed by atoms with van der Waals surface area (Å²) in [5.41, 5.74) is 2.13. The maximum atomic E-state index is 6.08. The molecule has 0 spiro atoms. The first-order chi connectivity index (χ1) is 9.62. The van der Waals surface area contributed by atoms with Gasteiger partial charge in [-0.3, -0.25) is 0 Å². The molecule has 0 aliphatic carbocycles. The summed E-state index contributed by atoms with van der Waals surface area (Å²) in [6.07, 6.45) is 3.13. The Hall–Kier alpha value is -0.730. The summed E-state index contributed by atoms with van der Waals surface area (Å²) in [4.78, 5) is 4.73. The van der Waals surface area contributed by atoms with E-state index in [-0.39, 0.29) is 0 Å². The van der Waals surface area contributed by atoms with Gasteiger partial charge in [0.05, 0.1) is 11.0 Å². The molecule has 4 heteroatoms. The van der Waals surface area contributed by atoms with Crippen LogP contribution in [-0.2, 0) is 6.42 Å². The van der Waals surface area contributed by atoms with Crippen LogP contribution in [0.4, 0.5) is 0 Å². The number of rotatable bonds is 6. The molecule has 2 rings (SSSR count). The molecule has 1 aromatic heterocycles. The topological polar surface area (TPSA) is 17.8 Å². The van der Waals surface area contributed by atoms with E-state index in [9.17, 15) is 0 Å². The number of fused-ring (bicyclic) bond motifs is 1. The SMILES string of the molecule is CCC(CC)C(C)n1c(CCCl)nc2cc(Cl)ccc21. The lowest BCUT2D eigenvalue weighted by atomic mass is 9.95. The second-order valence-electron chi connectivity index (χ2n) is 5.29. The average molecular weight is 313 g/mol. The zero-order valence-electron chi connectivity index (χ0n) is 12.4. The summed E-state index contributed by atoms with van der Waals surface area (Å²) < 4.78 is 2.35. The molecule has 0 radical (unpaired) electrons. The first-order valence-corrected chi connectivity index (χ1v) is 8.25. The average Bonchev–Trinajstić information content (AvgIpc) is 2.77. The molecule has 110 valence electrons. The Morgan fingerprint density at radius 3 is 2.55 bits per heavy atom. The van der Waals surface area contributed by atoms with E-state index in [4.69, 9.17) is 28.2 Å². The lowest BCUT2D eigenvalue weighted by Crippen LogP contribution is -2.18. The van der Waals surface area contributed by atoms with Crippen molar-refractivity contribution in [2.24, 2.45) is 5.92 Å². The third-order valence-corrected chi connectivity index (χ3v) is 4.61. The zero-order valence-corrected chi connectivity index (χ0v) is 13.9. The van der Waals surface area contributed by atoms with Gasteiger partial charge in [0, 0.05) is 23.4 Å². The van der Waals surface area contributed by atoms with Crippen molar-refractivity contribution in [3.05, 3.63) is 29.0 Å². The van der Waals surface area contributed by atoms with Crippen molar-refractivity contribution in [3.63, 3.8) is 0 Å². The van der Waals surface area contributed by atoms with Gasteiger partial charge in [-0.1, -0.05) is 38.3 Å². The van der Waals surface area contributed by atoms with Crippen LogP contribution in [0.25, 0.3) is 11.0 Å². The molecular weight excluding hydrogens is 291 g/mol. The van der Waals surface area contributed by atoms with Crippen molar-refractivity contribution in [2.45, 2.75) is 46.1 Å². The minimum Gasteiger partial charge on any atom is -0.325 e. The van der Waals surface area contributed by atoms with E-state index >= 15 is 0 Å². The molecule has 0 amide bonds. The molecule has 1 unspecified atom stereocenters. The molecule has 1 heterocycles. The van der Waals surface area contributed by atoms with Gasteiger partial charge in [-0.2, -0.15) is 0 Å². The van der Waals surface area contributed by atoms with Gasteiger partial charge in [-0.05, 0) is 31.0 Å². The van der Waals surface area contributed by atoms with Crippen molar-refractivity contribution in [3.8, 4) is 0 Å². The maximum Gasteiger partial charge on any atom is 0.111 e. The van der Waals surface area contributed by atoms with Crippen LogP contribution in [0.15, 0.2) is 18.2 Å². The highest BCUT2D eigenvalue weighted by Gasteiger charge is 2.21. The molecule has 0 saturated carbocycles. The van der Waals surface area contributed by atoms with Crippen LogP contribution >= 0.6 is 23.2 Å². The summed E-state index contributed by atoms with van der Waals surface area (Å²) in [6, 6.07) is 6.37. The van der Waals surface area contributed by atoms with Crippen LogP contribution in [0, 0.1) is 5.92 Å². The molecule has 0 aliphatic rings. The monoisotopic (exact) mass is 312 g/mol. The number of imidazole rings is 1. The molecule has 0 N–H and O–H groups in total. The van der Waals surface area contributed by atoms with E-state index in [1.807, 2.05) is 12.1 Å². The molecule has 0 fully saturated rings. The van der Waals surface area contributed by atoms with Gasteiger partial charge in [0.15, 0.2) is 0 Å². The van der Waals surface area contributed by atoms with Gasteiger partial charge >= 0.3 is 0 Å². The Morgan fingerprint density at radius 2 is 1.95 bits per heavy atom. The van der Waals surface area contributed by atoms with Gasteiger partial charge in [0.1, 0.15) is 5.82 Å². The highest BCUT2D eigenvalue weighted by Crippen LogP contribution is 2.31. The van der Waals surface area contributed by atoms with Crippen molar-refractivity contribution in [1.82, 2.24) is 9.55 Å². The van der Waals surface area contributed by atoms with Crippen LogP contribution in [-0.4, -0.2) is 15.4 Å². The van der Waals surface area contributed by atoms with Crippen molar-refractivity contribution in [2.75, 3.05) is 5.88 Å². The summed E-state index contributed by atoms with van der Waals surface area (Å²) in [5.74, 6) is 2.31. The predicted octanol–water partition coefficient (Wildman–Crippen LogP) is 5.47. The number of aromatic nitrogens is 2. The predicted molar refractivity (Wildman–Crippen MR) is 88.0 cm³/mol. The molecule has 1 aromatic carbocycles. The second kappa shape index (κ2) is 6.82. The third kappa shape index (κ3) is 2.96. The normalized spacial score (nSPS) is 13.3. The highest BCUT2D eigenvalue weighted by atomic mass is 35.5. The second-order valence-corrected chi connectivity index (χ2v) is 6.10. The Kier molecular flexibility index (Phi) is 5.34. The smallest absolute Gasteiger partial charge is 0.111 e. The Morgan fingerprint density at radius 1 is 1.25 bits per heavy atom. The zero-order chi connectivity index (χ0) is 14.7. The van der Waals surface area contributed by atoms with Crippen LogP contribution < -0.4 is 0 Å². The fourth-order valence-electron chi connectivity index (χ4n) is 3.02. The molecule has 1 atom stereocenters. The van der Waals surface area contributed by atoms with Crippen LogP contribution in [0.2, 0.25) is 5.02 Å². The van der Waals surface area contributed by atoms with Gasteiger partial charge < -0.3 is 4.57 Å². The Bertz CT molecular complexity index is 573. The number of nitrogens with zero attached hydrogens (tertiary/aromatic N) is 2. The number of aryl methyl sites for hydroxylation is 1. The number of alkyl halides is 1. The molecular formula is C16H22Cl2N2. The van der Waals surface area contributed by atoms with Crippen molar-refractivity contribution >= 4 is 34.2 Å². The Labute approximate surface area is 131 Å². The van der Waals surface area contributed by atoms with Crippen molar-refractivity contribution in [1.29, 1.82) is 0 Å². The number of benzene rings is 1. The quantitative estimate of drug-likeness (QED) is 0.647. The molecule has 0 aliphatic heterocycles. The fourth-order valence-corrected chi connectivity index (χ4v) is 3.35. The standard InChI is InChI=1S/C16H22Cl2N2/c1-4-12(5-2)11(3)20-15-7-6-13(18)10-14(15)19-16(20)8-9-17/h6-7,10-12H,4-5,8-9H2,1-3H3. The van der Waals surface area contributed by atoms with Gasteiger partial charge in [0.25, 0.3) is 0 Å². The third-order valence-electron chi connectivity index (χ3n) is 4.18. The lowest BCUT2D eigenvalue weighted by molar-refractivity contribution is 0.333. The minimum absolute atomic E-state index is 0.425. The number of halogens is 2. The molecule has 20 heavy (non-hydrogen) atoms. The lowest BCUT2D eigenvalue weighted by Gasteiger charge is -2.25. The van der Waals surface area contributed by atoms with Gasteiger partial charge in [0.2, 0.25) is 0 Å². The van der Waals surface area contributed by atoms with Crippen LogP contribution in [0.1, 0.15) is 45.5 Å². The van der Waals surface area contributed by atoms with Crippen molar-refractivity contribution < 1.29 is 0 Å². The summed E-state index contributed by atoms with van der Waals surface area (Å²) >= 11 is 12.0. The van der Waals surface area contributed by atoms with Gasteiger partial charge in [-0.15, -0.1) is 11.6 Å². The Balaban J connectivity index is 2.55. The molecule has 0 bridgehead atoms. The van der Waals surface area contributed by atoms with E-state index in [0.29, 0.717) is 17.8 Å². The van der Waals surface area contributed by atoms with E-state index in [1.165, 1.54) is 12.8 Å². The van der Waals surface area contributed by atoms with E-state index < -0.39 is 0 Å². The maximum absolute atomic E-state index is 6.08. The van der Waals surface area contributed by atoms with Crippen LogP contribution in [0.3, 0.4) is 0 Å². The minimum atomic E-state index is 0.425. The number of hydrogen-bond acceptors (Lipinski definition) is 1. The highest BCUT2D eigenvalue weighted by molar-refractivity contribution is 6.31. The number of hydrogen-bond donors (Lipinski definition) is 0. The first kappa shape index (κ1) is 15.7. The summed E-state index contributed by atoms with van der Waals surface area (Å²) in [7, 11) is 0. The summed E-state index contributed by atoms with van der Waals surface area (Å²) in [6.45, 7) is 6.79. The largest absolute Gasteiger partial charge is 0.325 e. The van der Waals surface area contributed by atoms with Crippen LogP contribution in [0.5, 0.6) is 0 Å². The fraction of sp³-hybridized carbons (Fsp3) is 0.562. The van der Waals surface area contributed by atoms with E-state index in [2.05, 4.69) is 31.4 Å². The van der Waals surface area contributed by atoms with E-state index in [0.717, 1.165) is 28.3 Å². The molecule has 2 nitrogen and oxygen atoms in total. The molecule has 2 aromatic rings. The van der Waals surface area contributed by atoms with Gasteiger partial charge in [-0.25, -0.2) is 4.98 Å². The first-order valence-electron chi connectivity index (χ1n) is 7.34. The summed E-state index contributed by atoms with van der Waals surface area (Å²) in [5, 5.41) is 0.731. The van der Waals surface area contributed by atoms with E-state index in [1.54, 1.807) is 0 Å². The molecule has 0 saturated heterocycles.